The molecule has 0 atom stereocenters. The Bertz CT molecular complexity index is 1910. The minimum absolute atomic E-state index is 0.138. The summed E-state index contributed by atoms with van der Waals surface area (Å²) in [4.78, 5) is 10.8. The van der Waals surface area contributed by atoms with Gasteiger partial charge < -0.3 is 13.6 Å². The lowest BCUT2D eigenvalue weighted by molar-refractivity contribution is -0.384. The van der Waals surface area contributed by atoms with Crippen LogP contribution in [0, 0.1) is 10.1 Å². The number of nitrogens with zero attached hydrogens (tertiary/aromatic N) is 1. The molecule has 7 heteroatoms. The Morgan fingerprint density at radius 1 is 0.565 bits per heavy atom. The molecule has 6 aromatic carbocycles. The quantitative estimate of drug-likeness (QED) is 0.0948. The molecule has 0 saturated heterocycles. The van der Waals surface area contributed by atoms with Gasteiger partial charge in [-0.2, -0.15) is 0 Å². The van der Waals surface area contributed by atoms with Crippen LogP contribution in [0.25, 0.3) is 43.8 Å². The molecular formula is C39H38NO5P. The summed E-state index contributed by atoms with van der Waals surface area (Å²) in [6.45, 7) is 7.71. The first kappa shape index (κ1) is 32.9. The van der Waals surface area contributed by atoms with Gasteiger partial charge in [0.15, 0.2) is 0 Å². The van der Waals surface area contributed by atoms with Crippen molar-refractivity contribution in [3.63, 3.8) is 0 Å². The standard InChI is InChI=1S/C17H12.C16H11NO2.C6H15O3P/c1-3-7-15-12(5-1)9-10-14-11-13-6-2-4-8-16(13)17(14)15;18-17(19)16-11-4-3-9-15(16)14-10-5-7-12-6-1-2-8-13(12)14;1-4-7-10(8-5-2)9-6-3/h1-10H,11H2;1-11H;4-6H2,1-3H3. The van der Waals surface area contributed by atoms with Gasteiger partial charge in [-0.05, 0) is 82.6 Å². The maximum absolute atomic E-state index is 11.1. The van der Waals surface area contributed by atoms with Gasteiger partial charge in [0.25, 0.3) is 5.69 Å². The van der Waals surface area contributed by atoms with Crippen LogP contribution in [0.2, 0.25) is 0 Å². The van der Waals surface area contributed by atoms with E-state index in [0.29, 0.717) is 25.4 Å². The molecule has 1 aliphatic carbocycles. The van der Waals surface area contributed by atoms with E-state index < -0.39 is 8.60 Å². The summed E-state index contributed by atoms with van der Waals surface area (Å²) in [6.07, 6.45) is 1.08. The Morgan fingerprint density at radius 2 is 1.09 bits per heavy atom. The Hall–Kier alpha value is -4.45. The predicted octanol–water partition coefficient (Wildman–Crippen LogP) is 11.1. The molecule has 0 bridgehead atoms. The average molecular weight is 632 g/mol. The summed E-state index contributed by atoms with van der Waals surface area (Å²) in [5.41, 5.74) is 7.47. The third kappa shape index (κ3) is 7.67. The third-order valence-electron chi connectivity index (χ3n) is 7.57. The van der Waals surface area contributed by atoms with Crippen LogP contribution in [0.1, 0.15) is 31.9 Å². The topological polar surface area (TPSA) is 70.8 Å². The van der Waals surface area contributed by atoms with E-state index in [1.165, 1.54) is 39.1 Å². The number of nitro benzene ring substituents is 1. The van der Waals surface area contributed by atoms with Crippen molar-refractivity contribution in [2.45, 2.75) is 27.2 Å². The number of nitro groups is 1. The maximum atomic E-state index is 11.1. The molecule has 0 aromatic heterocycles. The highest BCUT2D eigenvalue weighted by Crippen LogP contribution is 2.41. The predicted molar refractivity (Wildman–Crippen MR) is 190 cm³/mol. The first-order valence-corrected chi connectivity index (χ1v) is 16.6. The maximum Gasteiger partial charge on any atom is 0.332 e. The van der Waals surface area contributed by atoms with E-state index in [-0.39, 0.29) is 10.6 Å². The average Bonchev–Trinajstić information content (AvgIpc) is 3.48. The Labute approximate surface area is 271 Å². The van der Waals surface area contributed by atoms with Gasteiger partial charge in [0, 0.05) is 6.07 Å². The van der Waals surface area contributed by atoms with E-state index in [2.05, 4.69) is 60.7 Å². The second kappa shape index (κ2) is 16.2. The van der Waals surface area contributed by atoms with Crippen LogP contribution in [0.4, 0.5) is 5.69 Å². The van der Waals surface area contributed by atoms with E-state index >= 15 is 0 Å². The van der Waals surface area contributed by atoms with E-state index in [4.69, 9.17) is 13.6 Å². The summed E-state index contributed by atoms with van der Waals surface area (Å²) < 4.78 is 15.4. The molecule has 0 saturated carbocycles. The van der Waals surface area contributed by atoms with Crippen LogP contribution in [-0.4, -0.2) is 24.7 Å². The number of para-hydroxylation sites is 1. The monoisotopic (exact) mass is 631 g/mol. The van der Waals surface area contributed by atoms with Gasteiger partial charge in [0.2, 0.25) is 0 Å². The first-order valence-electron chi connectivity index (χ1n) is 15.5. The lowest BCUT2D eigenvalue weighted by Gasteiger charge is -2.12. The summed E-state index contributed by atoms with van der Waals surface area (Å²) in [6, 6.07) is 42.5. The van der Waals surface area contributed by atoms with E-state index in [1.807, 2.05) is 69.3 Å². The van der Waals surface area contributed by atoms with Crippen molar-refractivity contribution in [1.29, 1.82) is 0 Å². The van der Waals surface area contributed by atoms with Crippen molar-refractivity contribution in [3.05, 3.63) is 149 Å². The molecule has 0 radical (unpaired) electrons. The zero-order valence-corrected chi connectivity index (χ0v) is 27.3. The van der Waals surface area contributed by atoms with Crippen LogP contribution in [0.3, 0.4) is 0 Å². The van der Waals surface area contributed by atoms with Crippen LogP contribution in [0.5, 0.6) is 0 Å². The van der Waals surface area contributed by atoms with Crippen molar-refractivity contribution < 1.29 is 18.5 Å². The second-order valence-corrected chi connectivity index (χ2v) is 11.7. The van der Waals surface area contributed by atoms with Crippen molar-refractivity contribution in [2.24, 2.45) is 0 Å². The number of rotatable bonds is 8. The zero-order chi connectivity index (χ0) is 32.3. The van der Waals surface area contributed by atoms with Crippen molar-refractivity contribution >= 4 is 35.8 Å². The normalized spacial score (nSPS) is 11.3. The fourth-order valence-electron chi connectivity index (χ4n) is 5.65. The minimum Gasteiger partial charge on any atom is -0.313 e. The molecule has 0 heterocycles. The zero-order valence-electron chi connectivity index (χ0n) is 26.4. The Morgan fingerprint density at radius 3 is 1.76 bits per heavy atom. The van der Waals surface area contributed by atoms with E-state index in [9.17, 15) is 10.1 Å². The van der Waals surface area contributed by atoms with Crippen LogP contribution in [0.15, 0.2) is 127 Å². The summed E-state index contributed by atoms with van der Waals surface area (Å²) in [7, 11) is -1.06. The third-order valence-corrected chi connectivity index (χ3v) is 8.97. The molecule has 46 heavy (non-hydrogen) atoms. The van der Waals surface area contributed by atoms with E-state index in [1.54, 1.807) is 12.1 Å². The molecule has 0 unspecified atom stereocenters. The molecule has 234 valence electrons. The molecule has 0 N–H and O–H groups in total. The highest BCUT2D eigenvalue weighted by molar-refractivity contribution is 7.41. The summed E-state index contributed by atoms with van der Waals surface area (Å²) in [5, 5.41) is 16.0. The summed E-state index contributed by atoms with van der Waals surface area (Å²) in [5.74, 6) is 0. The SMILES string of the molecule is CCOP(OCC)OCC.O=[N+]([O-])c1ccccc1-c1cccc2ccccc12.c1ccc2c(c1)Cc1ccc3ccccc3c1-2. The molecule has 0 spiro atoms. The van der Waals surface area contributed by atoms with Gasteiger partial charge in [-0.15, -0.1) is 0 Å². The van der Waals surface area contributed by atoms with E-state index in [0.717, 1.165) is 22.8 Å². The highest BCUT2D eigenvalue weighted by Gasteiger charge is 2.19. The minimum atomic E-state index is -1.06. The molecule has 0 fully saturated rings. The second-order valence-electron chi connectivity index (χ2n) is 10.4. The number of benzene rings is 6. The number of hydrogen-bond donors (Lipinski definition) is 0. The lowest BCUT2D eigenvalue weighted by atomic mass is 9.97. The smallest absolute Gasteiger partial charge is 0.313 e. The molecule has 1 aliphatic rings. The van der Waals surface area contributed by atoms with Crippen molar-refractivity contribution in [1.82, 2.24) is 0 Å². The molecule has 6 aromatic rings. The molecular weight excluding hydrogens is 593 g/mol. The molecule has 7 rings (SSSR count). The Balaban J connectivity index is 0.000000143. The molecule has 0 amide bonds. The van der Waals surface area contributed by atoms with Crippen molar-refractivity contribution in [3.8, 4) is 22.3 Å². The van der Waals surface area contributed by atoms with Gasteiger partial charge >= 0.3 is 8.60 Å². The van der Waals surface area contributed by atoms with Crippen LogP contribution < -0.4 is 0 Å². The fraction of sp³-hybridized carbons (Fsp3) is 0.179. The molecule has 6 nitrogen and oxygen atoms in total. The van der Waals surface area contributed by atoms with Crippen molar-refractivity contribution in [2.75, 3.05) is 19.8 Å². The van der Waals surface area contributed by atoms with Gasteiger partial charge in [0.05, 0.1) is 30.3 Å². The van der Waals surface area contributed by atoms with Gasteiger partial charge in [-0.1, -0.05) is 115 Å². The number of fused-ring (bicyclic) bond motifs is 6. The largest absolute Gasteiger partial charge is 0.332 e. The lowest BCUT2D eigenvalue weighted by Crippen LogP contribution is -1.94. The van der Waals surface area contributed by atoms with Gasteiger partial charge in [0.1, 0.15) is 0 Å². The highest BCUT2D eigenvalue weighted by atomic mass is 31.2. The van der Waals surface area contributed by atoms with Gasteiger partial charge in [-0.25, -0.2) is 0 Å². The summed E-state index contributed by atoms with van der Waals surface area (Å²) >= 11 is 0. The van der Waals surface area contributed by atoms with Crippen LogP contribution >= 0.6 is 8.60 Å². The fourth-order valence-corrected chi connectivity index (χ4v) is 6.51. The van der Waals surface area contributed by atoms with Crippen LogP contribution in [-0.2, 0) is 20.0 Å². The van der Waals surface area contributed by atoms with Gasteiger partial charge in [-0.3, -0.25) is 10.1 Å². The molecule has 0 aliphatic heterocycles. The number of hydrogen-bond acceptors (Lipinski definition) is 5. The Kier molecular flexibility index (Phi) is 11.6. The first-order chi connectivity index (χ1) is 22.5.